The molecule has 1 rings (SSSR count). The summed E-state index contributed by atoms with van der Waals surface area (Å²) < 4.78 is 26.7. The fourth-order valence-electron chi connectivity index (χ4n) is 1.48. The third kappa shape index (κ3) is 2.66. The van der Waals surface area contributed by atoms with Crippen molar-refractivity contribution < 1.29 is 8.42 Å². The largest absolute Gasteiger partial charge is 0.392 e. The highest BCUT2D eigenvalue weighted by atomic mass is 32.2. The molecule has 0 aromatic carbocycles. The molecule has 0 amide bonds. The Morgan fingerprint density at radius 2 is 1.93 bits per heavy atom. The molecular formula is C8H17N3O2S2. The Labute approximate surface area is 96.4 Å². The average molecular weight is 251 g/mol. The first-order chi connectivity index (χ1) is 6.87. The Morgan fingerprint density at radius 1 is 1.47 bits per heavy atom. The first kappa shape index (κ1) is 12.8. The van der Waals surface area contributed by atoms with Crippen LogP contribution in [0.5, 0.6) is 0 Å². The summed E-state index contributed by atoms with van der Waals surface area (Å²) in [5.41, 5.74) is 5.44. The lowest BCUT2D eigenvalue weighted by Crippen LogP contribution is -2.48. The van der Waals surface area contributed by atoms with Gasteiger partial charge in [-0.1, -0.05) is 12.2 Å². The molecule has 88 valence electrons. The van der Waals surface area contributed by atoms with E-state index >= 15 is 0 Å². The average Bonchev–Trinajstić information content (AvgIpc) is 2.68. The van der Waals surface area contributed by atoms with Gasteiger partial charge in [-0.25, -0.2) is 0 Å². The standard InChI is InChI=1S/C8H17N3O2S2/c1-7(8(9)14)10(2)15(12,13)11-5-3-4-6-11/h7H,3-6H2,1-2H3,(H2,9,14). The second kappa shape index (κ2) is 4.73. The molecule has 0 aromatic rings. The minimum atomic E-state index is -3.38. The van der Waals surface area contributed by atoms with Crippen LogP contribution in [0.15, 0.2) is 0 Å². The highest BCUT2D eigenvalue weighted by molar-refractivity contribution is 7.87. The maximum atomic E-state index is 12.0. The van der Waals surface area contributed by atoms with Crippen molar-refractivity contribution in [2.45, 2.75) is 25.8 Å². The molecule has 15 heavy (non-hydrogen) atoms. The van der Waals surface area contributed by atoms with Gasteiger partial charge in [0.2, 0.25) is 0 Å². The molecule has 1 aliphatic rings. The van der Waals surface area contributed by atoms with Crippen LogP contribution in [-0.2, 0) is 10.2 Å². The zero-order valence-corrected chi connectivity index (χ0v) is 10.6. The Kier molecular flexibility index (Phi) is 4.05. The summed E-state index contributed by atoms with van der Waals surface area (Å²) in [6.07, 6.45) is 1.85. The highest BCUT2D eigenvalue weighted by Gasteiger charge is 2.32. The lowest BCUT2D eigenvalue weighted by atomic mass is 10.3. The van der Waals surface area contributed by atoms with Gasteiger partial charge in [-0.05, 0) is 19.8 Å². The van der Waals surface area contributed by atoms with Gasteiger partial charge in [-0.2, -0.15) is 17.0 Å². The summed E-state index contributed by atoms with van der Waals surface area (Å²) in [6, 6.07) is -0.439. The van der Waals surface area contributed by atoms with Crippen LogP contribution in [0.2, 0.25) is 0 Å². The number of nitrogens with two attached hydrogens (primary N) is 1. The molecule has 7 heteroatoms. The van der Waals surface area contributed by atoms with Crippen LogP contribution < -0.4 is 5.73 Å². The van der Waals surface area contributed by atoms with Crippen molar-refractivity contribution in [2.24, 2.45) is 5.73 Å². The third-order valence-corrected chi connectivity index (χ3v) is 5.12. The van der Waals surface area contributed by atoms with Crippen LogP contribution in [0.25, 0.3) is 0 Å². The molecule has 1 atom stereocenters. The van der Waals surface area contributed by atoms with Gasteiger partial charge in [-0.3, -0.25) is 0 Å². The van der Waals surface area contributed by atoms with E-state index in [0.717, 1.165) is 12.8 Å². The van der Waals surface area contributed by atoms with E-state index in [1.165, 1.54) is 15.7 Å². The van der Waals surface area contributed by atoms with E-state index in [0.29, 0.717) is 13.1 Å². The molecule has 0 bridgehead atoms. The number of hydrogen-bond donors (Lipinski definition) is 1. The monoisotopic (exact) mass is 251 g/mol. The summed E-state index contributed by atoms with van der Waals surface area (Å²) in [6.45, 7) is 2.88. The molecule has 1 unspecified atom stereocenters. The maximum Gasteiger partial charge on any atom is 0.282 e. The molecule has 1 aliphatic heterocycles. The van der Waals surface area contributed by atoms with E-state index in [2.05, 4.69) is 0 Å². The molecule has 1 fully saturated rings. The first-order valence-corrected chi connectivity index (χ1v) is 6.70. The lowest BCUT2D eigenvalue weighted by Gasteiger charge is -2.27. The predicted octanol–water partition coefficient (Wildman–Crippen LogP) is -0.0666. The van der Waals surface area contributed by atoms with Crippen molar-refractivity contribution in [1.29, 1.82) is 0 Å². The zero-order chi connectivity index (χ0) is 11.6. The van der Waals surface area contributed by atoms with Crippen LogP contribution in [0.3, 0.4) is 0 Å². The van der Waals surface area contributed by atoms with Crippen molar-refractivity contribution in [1.82, 2.24) is 8.61 Å². The van der Waals surface area contributed by atoms with E-state index in [4.69, 9.17) is 18.0 Å². The van der Waals surface area contributed by atoms with E-state index in [1.54, 1.807) is 6.92 Å². The number of rotatable bonds is 4. The SMILES string of the molecule is CC(C(N)=S)N(C)S(=O)(=O)N1CCCC1. The van der Waals surface area contributed by atoms with Gasteiger partial charge in [-0.15, -0.1) is 0 Å². The number of thiocarbonyl (C=S) groups is 1. The van der Waals surface area contributed by atoms with Crippen LogP contribution in [0.4, 0.5) is 0 Å². The number of nitrogens with zero attached hydrogens (tertiary/aromatic N) is 2. The minimum absolute atomic E-state index is 0.195. The van der Waals surface area contributed by atoms with Crippen molar-refractivity contribution in [2.75, 3.05) is 20.1 Å². The number of likely N-dealkylation sites (N-methyl/N-ethyl adjacent to an activating group) is 1. The molecule has 0 saturated carbocycles. The van der Waals surface area contributed by atoms with Gasteiger partial charge in [0.25, 0.3) is 10.2 Å². The molecule has 0 aliphatic carbocycles. The second-order valence-corrected chi connectivity index (χ2v) is 6.17. The van der Waals surface area contributed by atoms with E-state index in [9.17, 15) is 8.42 Å². The van der Waals surface area contributed by atoms with Gasteiger partial charge in [0, 0.05) is 20.1 Å². The van der Waals surface area contributed by atoms with Crippen molar-refractivity contribution in [3.63, 3.8) is 0 Å². The zero-order valence-electron chi connectivity index (χ0n) is 9.01. The van der Waals surface area contributed by atoms with Crippen LogP contribution in [0.1, 0.15) is 19.8 Å². The molecule has 0 spiro atoms. The van der Waals surface area contributed by atoms with Crippen LogP contribution in [-0.4, -0.2) is 48.2 Å². The van der Waals surface area contributed by atoms with Crippen molar-refractivity contribution in [3.05, 3.63) is 0 Å². The smallest absolute Gasteiger partial charge is 0.282 e. The second-order valence-electron chi connectivity index (χ2n) is 3.71. The Balaban J connectivity index is 2.80. The van der Waals surface area contributed by atoms with Crippen LogP contribution in [0, 0.1) is 0 Å². The number of hydrogen-bond acceptors (Lipinski definition) is 3. The Morgan fingerprint density at radius 3 is 2.33 bits per heavy atom. The molecule has 5 nitrogen and oxygen atoms in total. The van der Waals surface area contributed by atoms with Gasteiger partial charge < -0.3 is 5.73 Å². The van der Waals surface area contributed by atoms with Gasteiger partial charge in [0.1, 0.15) is 0 Å². The van der Waals surface area contributed by atoms with E-state index < -0.39 is 16.3 Å². The summed E-state index contributed by atoms with van der Waals surface area (Å²) in [5, 5.41) is 0. The third-order valence-electron chi connectivity index (χ3n) is 2.71. The highest BCUT2D eigenvalue weighted by Crippen LogP contribution is 2.17. The Bertz CT molecular complexity index is 336. The molecule has 1 heterocycles. The summed E-state index contributed by atoms with van der Waals surface area (Å²) in [7, 11) is -1.87. The fourth-order valence-corrected chi connectivity index (χ4v) is 3.30. The van der Waals surface area contributed by atoms with Crippen LogP contribution >= 0.6 is 12.2 Å². The summed E-state index contributed by atoms with van der Waals surface area (Å²) in [4.78, 5) is 0.195. The fraction of sp³-hybridized carbons (Fsp3) is 0.875. The van der Waals surface area contributed by atoms with Gasteiger partial charge in [0.15, 0.2) is 0 Å². The van der Waals surface area contributed by atoms with Crippen molar-refractivity contribution >= 4 is 27.4 Å². The first-order valence-electron chi connectivity index (χ1n) is 4.90. The summed E-state index contributed by atoms with van der Waals surface area (Å²) in [5.74, 6) is 0. The topological polar surface area (TPSA) is 66.6 Å². The normalized spacial score (nSPS) is 20.7. The van der Waals surface area contributed by atoms with Crippen molar-refractivity contribution in [3.8, 4) is 0 Å². The molecule has 1 saturated heterocycles. The van der Waals surface area contributed by atoms with E-state index in [-0.39, 0.29) is 4.99 Å². The van der Waals surface area contributed by atoms with Gasteiger partial charge >= 0.3 is 0 Å². The minimum Gasteiger partial charge on any atom is -0.392 e. The quantitative estimate of drug-likeness (QED) is 0.711. The summed E-state index contributed by atoms with van der Waals surface area (Å²) >= 11 is 4.79. The molecule has 0 radical (unpaired) electrons. The van der Waals surface area contributed by atoms with E-state index in [1.807, 2.05) is 0 Å². The van der Waals surface area contributed by atoms with Gasteiger partial charge in [0.05, 0.1) is 11.0 Å². The predicted molar refractivity (Wildman–Crippen MR) is 63.7 cm³/mol. The Hall–Kier alpha value is -0.240. The molecular weight excluding hydrogens is 234 g/mol. The lowest BCUT2D eigenvalue weighted by molar-refractivity contribution is 0.384. The molecule has 2 N–H and O–H groups in total. The maximum absolute atomic E-state index is 12.0. The molecule has 0 aromatic heterocycles.